The Morgan fingerprint density at radius 2 is 2.25 bits per heavy atom. The van der Waals surface area contributed by atoms with Gasteiger partial charge in [-0.05, 0) is 33.1 Å². The van der Waals surface area contributed by atoms with Crippen molar-refractivity contribution in [1.29, 1.82) is 0 Å². The SMILES string of the molecule is Cc1noc(C)c1CCC(=O)N(C)[C@@H]1CC[C@@H](n2ccnc2)[C@@H]1O. The van der Waals surface area contributed by atoms with Crippen LogP contribution in [0.25, 0.3) is 0 Å². The molecule has 1 fully saturated rings. The fourth-order valence-electron chi connectivity index (χ4n) is 3.61. The van der Waals surface area contributed by atoms with Gasteiger partial charge in [-0.1, -0.05) is 5.16 Å². The fourth-order valence-corrected chi connectivity index (χ4v) is 3.61. The van der Waals surface area contributed by atoms with E-state index < -0.39 is 6.10 Å². The molecule has 0 spiro atoms. The Morgan fingerprint density at radius 3 is 2.88 bits per heavy atom. The lowest BCUT2D eigenvalue weighted by Crippen LogP contribution is -2.43. The Labute approximate surface area is 141 Å². The van der Waals surface area contributed by atoms with Crippen LogP contribution >= 0.6 is 0 Å². The van der Waals surface area contributed by atoms with Crippen LogP contribution in [0.3, 0.4) is 0 Å². The molecule has 1 amide bonds. The lowest BCUT2D eigenvalue weighted by atomic mass is 10.1. The van der Waals surface area contributed by atoms with E-state index in [0.717, 1.165) is 29.9 Å². The molecule has 0 saturated heterocycles. The number of aliphatic hydroxyl groups is 1. The van der Waals surface area contributed by atoms with Gasteiger partial charge in [-0.15, -0.1) is 0 Å². The van der Waals surface area contributed by atoms with Gasteiger partial charge in [0.1, 0.15) is 5.76 Å². The maximum atomic E-state index is 12.5. The number of likely N-dealkylation sites (N-methyl/N-ethyl adjacent to an activating group) is 1. The Bertz CT molecular complexity index is 675. The summed E-state index contributed by atoms with van der Waals surface area (Å²) in [5.41, 5.74) is 1.84. The van der Waals surface area contributed by atoms with E-state index in [9.17, 15) is 9.90 Å². The van der Waals surface area contributed by atoms with Crippen LogP contribution in [0.15, 0.2) is 23.2 Å². The number of hydrogen-bond acceptors (Lipinski definition) is 5. The summed E-state index contributed by atoms with van der Waals surface area (Å²) in [5, 5.41) is 14.5. The number of carbonyl (C=O) groups is 1. The van der Waals surface area contributed by atoms with Crippen molar-refractivity contribution < 1.29 is 14.4 Å². The highest BCUT2D eigenvalue weighted by molar-refractivity contribution is 5.76. The molecular formula is C17H24N4O3. The Hall–Kier alpha value is -2.15. The molecule has 7 heteroatoms. The summed E-state index contributed by atoms with van der Waals surface area (Å²) in [5.74, 6) is 0.800. The van der Waals surface area contributed by atoms with E-state index in [-0.39, 0.29) is 18.0 Å². The van der Waals surface area contributed by atoms with Crippen molar-refractivity contribution in [1.82, 2.24) is 19.6 Å². The molecule has 2 aromatic rings. The summed E-state index contributed by atoms with van der Waals surface area (Å²) in [4.78, 5) is 18.3. The number of amides is 1. The minimum Gasteiger partial charge on any atom is -0.389 e. The molecule has 3 atom stereocenters. The zero-order valence-corrected chi connectivity index (χ0v) is 14.3. The second-order valence-corrected chi connectivity index (χ2v) is 6.52. The van der Waals surface area contributed by atoms with E-state index in [1.54, 1.807) is 24.5 Å². The smallest absolute Gasteiger partial charge is 0.222 e. The van der Waals surface area contributed by atoms with E-state index in [1.807, 2.05) is 24.6 Å². The van der Waals surface area contributed by atoms with Crippen LogP contribution in [0.5, 0.6) is 0 Å². The van der Waals surface area contributed by atoms with Crippen LogP contribution in [-0.2, 0) is 11.2 Å². The highest BCUT2D eigenvalue weighted by Crippen LogP contribution is 2.33. The summed E-state index contributed by atoms with van der Waals surface area (Å²) in [6.45, 7) is 3.75. The van der Waals surface area contributed by atoms with Crippen LogP contribution in [0.2, 0.25) is 0 Å². The molecule has 2 aromatic heterocycles. The largest absolute Gasteiger partial charge is 0.389 e. The number of rotatable bonds is 5. The molecule has 0 unspecified atom stereocenters. The van der Waals surface area contributed by atoms with Crippen molar-refractivity contribution in [3.8, 4) is 0 Å². The van der Waals surface area contributed by atoms with E-state index in [4.69, 9.17) is 4.52 Å². The van der Waals surface area contributed by atoms with Gasteiger partial charge in [0, 0.05) is 31.4 Å². The number of aryl methyl sites for hydroxylation is 2. The van der Waals surface area contributed by atoms with Gasteiger partial charge in [-0.3, -0.25) is 4.79 Å². The molecule has 0 radical (unpaired) electrons. The average Bonchev–Trinajstić information content (AvgIpc) is 3.27. The molecule has 2 heterocycles. The Balaban J connectivity index is 1.60. The van der Waals surface area contributed by atoms with Crippen LogP contribution in [0.4, 0.5) is 0 Å². The van der Waals surface area contributed by atoms with Crippen LogP contribution in [-0.4, -0.2) is 49.8 Å². The lowest BCUT2D eigenvalue weighted by Gasteiger charge is -2.29. The number of aromatic nitrogens is 3. The van der Waals surface area contributed by atoms with E-state index in [1.165, 1.54) is 0 Å². The third kappa shape index (κ3) is 3.08. The molecule has 1 saturated carbocycles. The molecule has 7 nitrogen and oxygen atoms in total. The first-order valence-electron chi connectivity index (χ1n) is 8.32. The van der Waals surface area contributed by atoms with E-state index in [2.05, 4.69) is 10.1 Å². The lowest BCUT2D eigenvalue weighted by molar-refractivity contribution is -0.133. The summed E-state index contributed by atoms with van der Waals surface area (Å²) >= 11 is 0. The van der Waals surface area contributed by atoms with Crippen LogP contribution in [0.1, 0.15) is 42.3 Å². The maximum absolute atomic E-state index is 12.5. The minimum absolute atomic E-state index is 0.0182. The molecule has 1 aliphatic rings. The quantitative estimate of drug-likeness (QED) is 0.900. The van der Waals surface area contributed by atoms with Gasteiger partial charge in [-0.2, -0.15) is 0 Å². The molecule has 0 aromatic carbocycles. The zero-order chi connectivity index (χ0) is 17.3. The molecule has 0 aliphatic heterocycles. The Morgan fingerprint density at radius 1 is 1.46 bits per heavy atom. The summed E-state index contributed by atoms with van der Waals surface area (Å²) in [7, 11) is 1.78. The number of imidazole rings is 1. The number of hydrogen-bond donors (Lipinski definition) is 1. The molecule has 130 valence electrons. The highest BCUT2D eigenvalue weighted by atomic mass is 16.5. The summed E-state index contributed by atoms with van der Waals surface area (Å²) in [6, 6.07) is -0.176. The van der Waals surface area contributed by atoms with E-state index in [0.29, 0.717) is 12.8 Å². The van der Waals surface area contributed by atoms with Gasteiger partial charge < -0.3 is 19.1 Å². The van der Waals surface area contributed by atoms with Gasteiger partial charge in [0.25, 0.3) is 0 Å². The highest BCUT2D eigenvalue weighted by Gasteiger charge is 2.39. The molecule has 1 N–H and O–H groups in total. The predicted octanol–water partition coefficient (Wildman–Crippen LogP) is 1.64. The first-order chi connectivity index (χ1) is 11.5. The van der Waals surface area contributed by atoms with Gasteiger partial charge in [0.2, 0.25) is 5.91 Å². The molecule has 0 bridgehead atoms. The van der Waals surface area contributed by atoms with Gasteiger partial charge in [0.15, 0.2) is 0 Å². The molecule has 24 heavy (non-hydrogen) atoms. The van der Waals surface area contributed by atoms with Crippen molar-refractivity contribution in [3.63, 3.8) is 0 Å². The zero-order valence-electron chi connectivity index (χ0n) is 14.3. The van der Waals surface area contributed by atoms with Gasteiger partial charge in [0.05, 0.1) is 30.2 Å². The second kappa shape index (κ2) is 6.76. The first kappa shape index (κ1) is 16.7. The number of aliphatic hydroxyl groups excluding tert-OH is 1. The van der Waals surface area contributed by atoms with E-state index >= 15 is 0 Å². The normalized spacial score (nSPS) is 23.6. The molecule has 1 aliphatic carbocycles. The second-order valence-electron chi connectivity index (χ2n) is 6.52. The maximum Gasteiger partial charge on any atom is 0.222 e. The fraction of sp³-hybridized carbons (Fsp3) is 0.588. The topological polar surface area (TPSA) is 84.4 Å². The molecule has 3 rings (SSSR count). The van der Waals surface area contributed by atoms with Crippen molar-refractivity contribution >= 4 is 5.91 Å². The van der Waals surface area contributed by atoms with Crippen molar-refractivity contribution in [2.24, 2.45) is 0 Å². The van der Waals surface area contributed by atoms with Crippen molar-refractivity contribution in [2.45, 2.75) is 57.7 Å². The number of carbonyl (C=O) groups excluding carboxylic acids is 1. The van der Waals surface area contributed by atoms with Crippen LogP contribution < -0.4 is 0 Å². The molecular weight excluding hydrogens is 308 g/mol. The van der Waals surface area contributed by atoms with Crippen molar-refractivity contribution in [3.05, 3.63) is 35.7 Å². The summed E-state index contributed by atoms with van der Waals surface area (Å²) in [6.07, 6.45) is 7.33. The van der Waals surface area contributed by atoms with Crippen LogP contribution in [0, 0.1) is 13.8 Å². The Kier molecular flexibility index (Phi) is 4.71. The minimum atomic E-state index is -0.577. The summed E-state index contributed by atoms with van der Waals surface area (Å²) < 4.78 is 7.06. The standard InChI is InChI=1S/C17H24N4O3/c1-11-13(12(2)24-19-11)4-7-16(22)20(3)14-5-6-15(17(14)23)21-9-8-18-10-21/h8-10,14-15,17,23H,4-7H2,1-3H3/t14-,15-,17-/m1/s1. The predicted molar refractivity (Wildman–Crippen MR) is 87.4 cm³/mol. The first-order valence-corrected chi connectivity index (χ1v) is 8.32. The van der Waals surface area contributed by atoms with Crippen molar-refractivity contribution in [2.75, 3.05) is 7.05 Å². The third-order valence-corrected chi connectivity index (χ3v) is 5.12. The van der Waals surface area contributed by atoms with Gasteiger partial charge >= 0.3 is 0 Å². The number of nitrogens with zero attached hydrogens (tertiary/aromatic N) is 4. The monoisotopic (exact) mass is 332 g/mol. The average molecular weight is 332 g/mol. The third-order valence-electron chi connectivity index (χ3n) is 5.12. The van der Waals surface area contributed by atoms with Gasteiger partial charge in [-0.25, -0.2) is 4.98 Å².